The van der Waals surface area contributed by atoms with Crippen molar-refractivity contribution in [1.82, 2.24) is 4.90 Å². The Morgan fingerprint density at radius 3 is 2.64 bits per heavy atom. The third kappa shape index (κ3) is 4.89. The van der Waals surface area contributed by atoms with Crippen molar-refractivity contribution in [1.29, 1.82) is 0 Å². The molecule has 1 aromatic carbocycles. The first-order valence-corrected chi connectivity index (χ1v) is 11.2. The molecule has 0 unspecified atom stereocenters. The van der Waals surface area contributed by atoms with E-state index in [1.807, 2.05) is 0 Å². The molecule has 1 atom stereocenters. The Bertz CT molecular complexity index is 876. The summed E-state index contributed by atoms with van der Waals surface area (Å²) in [4.78, 5) is 38.3. The van der Waals surface area contributed by atoms with Crippen LogP contribution in [0.25, 0.3) is 0 Å². The number of carbonyl (C=O) groups excluding carboxylic acids is 3. The predicted molar refractivity (Wildman–Crippen MR) is 101 cm³/mol. The molecule has 1 saturated carbocycles. The molecule has 152 valence electrons. The number of rotatable bonds is 6. The summed E-state index contributed by atoms with van der Waals surface area (Å²) in [5, 5.41) is 2.50. The van der Waals surface area contributed by atoms with E-state index in [4.69, 9.17) is 4.74 Å². The van der Waals surface area contributed by atoms with Gasteiger partial charge in [0, 0.05) is 31.0 Å². The average Bonchev–Trinajstić information content (AvgIpc) is 3.28. The van der Waals surface area contributed by atoms with E-state index in [1.54, 1.807) is 11.0 Å². The molecule has 1 aliphatic carbocycles. The Morgan fingerprint density at radius 2 is 1.96 bits per heavy atom. The normalized spacial score (nSPS) is 20.4. The number of nitrogens with one attached hydrogen (secondary N) is 1. The first-order chi connectivity index (χ1) is 13.2. The molecular formula is C19H24N2O6S. The number of benzene rings is 1. The highest BCUT2D eigenvalue weighted by atomic mass is 32.2. The maximum Gasteiger partial charge on any atom is 0.311 e. The number of likely N-dealkylation sites (tertiary alicyclic amines) is 1. The fraction of sp³-hybridized carbons (Fsp3) is 0.526. The molecule has 2 amide bonds. The Kier molecular flexibility index (Phi) is 6.02. The van der Waals surface area contributed by atoms with Crippen LogP contribution < -0.4 is 5.32 Å². The Hall–Kier alpha value is -2.42. The highest BCUT2D eigenvalue weighted by Gasteiger charge is 2.39. The summed E-state index contributed by atoms with van der Waals surface area (Å²) >= 11 is 0. The van der Waals surface area contributed by atoms with E-state index in [9.17, 15) is 22.8 Å². The third-order valence-corrected chi connectivity index (χ3v) is 6.26. The van der Waals surface area contributed by atoms with E-state index in [0.717, 1.165) is 31.9 Å². The number of anilines is 1. The summed E-state index contributed by atoms with van der Waals surface area (Å²) in [6.07, 6.45) is 5.35. The van der Waals surface area contributed by atoms with E-state index in [1.165, 1.54) is 18.2 Å². The monoisotopic (exact) mass is 408 g/mol. The molecule has 0 spiro atoms. The van der Waals surface area contributed by atoms with Gasteiger partial charge in [-0.2, -0.15) is 0 Å². The maximum atomic E-state index is 12.2. The zero-order valence-electron chi connectivity index (χ0n) is 15.7. The second-order valence-corrected chi connectivity index (χ2v) is 9.36. The summed E-state index contributed by atoms with van der Waals surface area (Å²) in [6.45, 7) is -0.142. The molecule has 0 radical (unpaired) electrons. The highest BCUT2D eigenvalue weighted by Crippen LogP contribution is 2.29. The minimum absolute atomic E-state index is 0.0316. The van der Waals surface area contributed by atoms with E-state index in [2.05, 4.69) is 5.32 Å². The van der Waals surface area contributed by atoms with Gasteiger partial charge in [-0.05, 0) is 31.0 Å². The number of hydrogen-bond donors (Lipinski definition) is 1. The lowest BCUT2D eigenvalue weighted by molar-refractivity contribution is -0.151. The van der Waals surface area contributed by atoms with Crippen LogP contribution in [0.4, 0.5) is 5.69 Å². The van der Waals surface area contributed by atoms with Crippen molar-refractivity contribution in [3.8, 4) is 0 Å². The Balaban J connectivity index is 1.49. The van der Waals surface area contributed by atoms with Crippen molar-refractivity contribution in [2.24, 2.45) is 5.92 Å². The van der Waals surface area contributed by atoms with Crippen molar-refractivity contribution in [2.75, 3.05) is 24.7 Å². The molecule has 28 heavy (non-hydrogen) atoms. The van der Waals surface area contributed by atoms with Crippen LogP contribution in [0.15, 0.2) is 29.2 Å². The van der Waals surface area contributed by atoms with Gasteiger partial charge in [-0.3, -0.25) is 14.4 Å². The largest absolute Gasteiger partial charge is 0.455 e. The third-order valence-electron chi connectivity index (χ3n) is 5.15. The van der Waals surface area contributed by atoms with Crippen molar-refractivity contribution in [3.63, 3.8) is 0 Å². The van der Waals surface area contributed by atoms with Crippen LogP contribution in [-0.4, -0.2) is 56.6 Å². The molecular weight excluding hydrogens is 384 g/mol. The van der Waals surface area contributed by atoms with E-state index >= 15 is 0 Å². The summed E-state index contributed by atoms with van der Waals surface area (Å²) < 4.78 is 28.2. The Morgan fingerprint density at radius 1 is 1.25 bits per heavy atom. The first kappa shape index (κ1) is 20.3. The average molecular weight is 408 g/mol. The molecule has 1 N–H and O–H groups in total. The van der Waals surface area contributed by atoms with Crippen molar-refractivity contribution >= 4 is 33.3 Å². The molecule has 1 aliphatic heterocycles. The van der Waals surface area contributed by atoms with Gasteiger partial charge in [-0.1, -0.05) is 18.9 Å². The van der Waals surface area contributed by atoms with Gasteiger partial charge in [0.25, 0.3) is 5.91 Å². The second kappa shape index (κ2) is 8.30. The minimum Gasteiger partial charge on any atom is -0.455 e. The van der Waals surface area contributed by atoms with Crippen molar-refractivity contribution in [2.45, 2.75) is 43.0 Å². The predicted octanol–water partition coefficient (Wildman–Crippen LogP) is 1.36. The molecule has 1 saturated heterocycles. The van der Waals surface area contributed by atoms with Crippen LogP contribution >= 0.6 is 0 Å². The number of sulfone groups is 1. The lowest BCUT2D eigenvalue weighted by Crippen LogP contribution is -2.35. The standard InChI is InChI=1S/C19H24N2O6S/c1-28(25,26)16-8-4-5-14(10-16)20-17(22)12-27-19(24)13-9-18(23)21(11-13)15-6-2-3-7-15/h4-5,8,10,13,15H,2-3,6-7,9,11-12H2,1H3,(H,20,22)/t13-/m1/s1. The fourth-order valence-corrected chi connectivity index (χ4v) is 4.38. The molecule has 8 nitrogen and oxygen atoms in total. The van der Waals surface area contributed by atoms with Crippen LogP contribution in [0.5, 0.6) is 0 Å². The lowest BCUT2D eigenvalue weighted by Gasteiger charge is -2.23. The van der Waals surface area contributed by atoms with Gasteiger partial charge in [0.05, 0.1) is 10.8 Å². The van der Waals surface area contributed by atoms with Crippen LogP contribution in [0, 0.1) is 5.92 Å². The van der Waals surface area contributed by atoms with Crippen LogP contribution in [0.1, 0.15) is 32.1 Å². The number of hydrogen-bond acceptors (Lipinski definition) is 6. The van der Waals surface area contributed by atoms with Gasteiger partial charge in [-0.25, -0.2) is 8.42 Å². The molecule has 3 rings (SSSR count). The molecule has 2 aliphatic rings. The van der Waals surface area contributed by atoms with E-state index < -0.39 is 34.2 Å². The Labute approximate surface area is 164 Å². The van der Waals surface area contributed by atoms with Crippen LogP contribution in [-0.2, 0) is 29.0 Å². The first-order valence-electron chi connectivity index (χ1n) is 9.30. The summed E-state index contributed by atoms with van der Waals surface area (Å²) in [5.74, 6) is -1.71. The molecule has 0 aromatic heterocycles. The van der Waals surface area contributed by atoms with E-state index in [0.29, 0.717) is 12.2 Å². The van der Waals surface area contributed by atoms with E-state index in [-0.39, 0.29) is 23.3 Å². The number of esters is 1. The van der Waals surface area contributed by atoms with Gasteiger partial charge >= 0.3 is 5.97 Å². The number of nitrogens with zero attached hydrogens (tertiary/aromatic N) is 1. The summed E-state index contributed by atoms with van der Waals surface area (Å²) in [7, 11) is -3.39. The minimum atomic E-state index is -3.39. The van der Waals surface area contributed by atoms with Gasteiger partial charge < -0.3 is 15.0 Å². The van der Waals surface area contributed by atoms with Gasteiger partial charge in [0.1, 0.15) is 0 Å². The van der Waals surface area contributed by atoms with Gasteiger partial charge in [0.2, 0.25) is 5.91 Å². The molecule has 9 heteroatoms. The highest BCUT2D eigenvalue weighted by molar-refractivity contribution is 7.90. The lowest BCUT2D eigenvalue weighted by atomic mass is 10.1. The fourth-order valence-electron chi connectivity index (χ4n) is 3.71. The molecule has 0 bridgehead atoms. The number of amides is 2. The topological polar surface area (TPSA) is 110 Å². The second-order valence-electron chi connectivity index (χ2n) is 7.34. The van der Waals surface area contributed by atoms with Gasteiger partial charge in [0.15, 0.2) is 16.4 Å². The zero-order valence-corrected chi connectivity index (χ0v) is 16.5. The van der Waals surface area contributed by atoms with Crippen molar-refractivity contribution in [3.05, 3.63) is 24.3 Å². The molecule has 1 aromatic rings. The smallest absolute Gasteiger partial charge is 0.311 e. The number of ether oxygens (including phenoxy) is 1. The zero-order chi connectivity index (χ0) is 20.3. The molecule has 2 fully saturated rings. The van der Waals surface area contributed by atoms with Crippen LogP contribution in [0.2, 0.25) is 0 Å². The quantitative estimate of drug-likeness (QED) is 0.712. The summed E-state index contributed by atoms with van der Waals surface area (Å²) in [5.41, 5.74) is 0.299. The SMILES string of the molecule is CS(=O)(=O)c1cccc(NC(=O)COC(=O)[C@@H]2CC(=O)N(C3CCCC3)C2)c1. The number of carbonyl (C=O) groups is 3. The van der Waals surface area contributed by atoms with Crippen molar-refractivity contribution < 1.29 is 27.5 Å². The maximum absolute atomic E-state index is 12.2. The van der Waals surface area contributed by atoms with Gasteiger partial charge in [-0.15, -0.1) is 0 Å². The van der Waals surface area contributed by atoms with Crippen LogP contribution in [0.3, 0.4) is 0 Å². The summed E-state index contributed by atoms with van der Waals surface area (Å²) in [6, 6.07) is 6.04. The molecule has 1 heterocycles.